The number of para-hydroxylation sites is 2. The highest BCUT2D eigenvalue weighted by molar-refractivity contribution is 5.81. The van der Waals surface area contributed by atoms with E-state index in [9.17, 15) is 0 Å². The third kappa shape index (κ3) is 1.80. The van der Waals surface area contributed by atoms with Crippen LogP contribution < -0.4 is 10.2 Å². The van der Waals surface area contributed by atoms with Crippen molar-refractivity contribution >= 4 is 17.5 Å². The minimum atomic E-state index is 0.623. The fourth-order valence-corrected chi connectivity index (χ4v) is 2.37. The smallest absolute Gasteiger partial charge is 0.227 e. The fourth-order valence-electron chi connectivity index (χ4n) is 2.37. The van der Waals surface area contributed by atoms with Gasteiger partial charge in [-0.05, 0) is 29.5 Å². The van der Waals surface area contributed by atoms with Gasteiger partial charge in [-0.1, -0.05) is 12.1 Å². The lowest BCUT2D eigenvalue weighted by molar-refractivity contribution is 0.793. The zero-order chi connectivity index (χ0) is 15.1. The second-order valence-corrected chi connectivity index (χ2v) is 5.00. The number of rotatable bonds is 2. The van der Waals surface area contributed by atoms with Crippen molar-refractivity contribution in [1.29, 1.82) is 0 Å². The van der Waals surface area contributed by atoms with Crippen LogP contribution in [0.1, 0.15) is 6.92 Å². The fraction of sp³-hybridized carbons (Fsp3) is 0.214. The van der Waals surface area contributed by atoms with Crippen molar-refractivity contribution in [1.82, 2.24) is 30.2 Å². The Bertz CT molecular complexity index is 840. The Morgan fingerprint density at radius 2 is 2.14 bits per heavy atom. The van der Waals surface area contributed by atoms with E-state index in [0.717, 1.165) is 23.5 Å². The standard InChI is InChI=1S/C14H14N8/c1-3-21(2)14-15-8-9-12(17-14)16-10-6-4-5-7-11(10)22-13(9)18-19-20-22/h4-8H,3H2,1-2H3,(H,15,16,17). The highest BCUT2D eigenvalue weighted by atomic mass is 15.5. The molecule has 1 aliphatic rings. The number of nitrogens with one attached hydrogen (secondary N) is 1. The molecule has 0 fully saturated rings. The number of fused-ring (bicyclic) bond motifs is 5. The van der Waals surface area contributed by atoms with Gasteiger partial charge in [-0.3, -0.25) is 0 Å². The van der Waals surface area contributed by atoms with E-state index >= 15 is 0 Å². The van der Waals surface area contributed by atoms with E-state index < -0.39 is 0 Å². The van der Waals surface area contributed by atoms with Gasteiger partial charge in [0.25, 0.3) is 0 Å². The van der Waals surface area contributed by atoms with Gasteiger partial charge in [0, 0.05) is 19.8 Å². The zero-order valence-corrected chi connectivity index (χ0v) is 12.2. The molecule has 3 aromatic rings. The van der Waals surface area contributed by atoms with Crippen LogP contribution in [0.15, 0.2) is 30.5 Å². The van der Waals surface area contributed by atoms with Crippen molar-refractivity contribution in [3.8, 4) is 17.1 Å². The molecule has 0 radical (unpaired) electrons. The minimum absolute atomic E-state index is 0.623. The van der Waals surface area contributed by atoms with Gasteiger partial charge in [0.05, 0.1) is 16.9 Å². The number of hydrogen-bond donors (Lipinski definition) is 1. The second kappa shape index (κ2) is 4.76. The van der Waals surface area contributed by atoms with E-state index in [2.05, 4.69) is 37.7 Å². The van der Waals surface area contributed by atoms with Crippen LogP contribution in [0, 0.1) is 0 Å². The molecule has 110 valence electrons. The van der Waals surface area contributed by atoms with Crippen LogP contribution in [0.3, 0.4) is 0 Å². The summed E-state index contributed by atoms with van der Waals surface area (Å²) in [4.78, 5) is 11.0. The average Bonchev–Trinajstić information content (AvgIpc) is 2.99. The molecule has 0 atom stereocenters. The number of aromatic nitrogens is 6. The average molecular weight is 294 g/mol. The molecule has 4 rings (SSSR count). The van der Waals surface area contributed by atoms with Crippen LogP contribution in [0.4, 0.5) is 17.5 Å². The predicted molar refractivity (Wildman–Crippen MR) is 82.4 cm³/mol. The molecule has 0 saturated carbocycles. The van der Waals surface area contributed by atoms with Gasteiger partial charge in [0.1, 0.15) is 5.82 Å². The Morgan fingerprint density at radius 1 is 1.27 bits per heavy atom. The van der Waals surface area contributed by atoms with E-state index in [0.29, 0.717) is 17.6 Å². The summed E-state index contributed by atoms with van der Waals surface area (Å²) >= 11 is 0. The first-order valence-electron chi connectivity index (χ1n) is 7.01. The Kier molecular flexibility index (Phi) is 2.75. The number of tetrazole rings is 1. The molecule has 0 saturated heterocycles. The third-order valence-corrected chi connectivity index (χ3v) is 3.69. The van der Waals surface area contributed by atoms with Crippen molar-refractivity contribution in [3.63, 3.8) is 0 Å². The SMILES string of the molecule is CCN(C)c1ncc2c(n1)Nc1ccccc1-n1nnnc1-2. The largest absolute Gasteiger partial charge is 0.344 e. The summed E-state index contributed by atoms with van der Waals surface area (Å²) < 4.78 is 1.70. The van der Waals surface area contributed by atoms with E-state index in [1.807, 2.05) is 36.2 Å². The molecule has 2 aromatic heterocycles. The predicted octanol–water partition coefficient (Wildman–Crippen LogP) is 1.63. The summed E-state index contributed by atoms with van der Waals surface area (Å²) in [5, 5.41) is 15.3. The van der Waals surface area contributed by atoms with Crippen LogP contribution in [0.5, 0.6) is 0 Å². The summed E-state index contributed by atoms with van der Waals surface area (Å²) in [6, 6.07) is 7.84. The number of hydrogen-bond acceptors (Lipinski definition) is 7. The van der Waals surface area contributed by atoms with Gasteiger partial charge in [0.2, 0.25) is 5.95 Å². The Balaban J connectivity index is 1.95. The van der Waals surface area contributed by atoms with Crippen LogP contribution in [0.25, 0.3) is 17.1 Å². The van der Waals surface area contributed by atoms with E-state index in [4.69, 9.17) is 0 Å². The molecule has 0 spiro atoms. The lowest BCUT2D eigenvalue weighted by atomic mass is 10.2. The first-order valence-corrected chi connectivity index (χ1v) is 7.01. The van der Waals surface area contributed by atoms with Crippen molar-refractivity contribution in [2.24, 2.45) is 0 Å². The molecule has 8 nitrogen and oxygen atoms in total. The molecular weight excluding hydrogens is 280 g/mol. The monoisotopic (exact) mass is 294 g/mol. The minimum Gasteiger partial charge on any atom is -0.344 e. The highest BCUT2D eigenvalue weighted by Crippen LogP contribution is 2.35. The van der Waals surface area contributed by atoms with Crippen molar-refractivity contribution in [2.45, 2.75) is 6.92 Å². The summed E-state index contributed by atoms with van der Waals surface area (Å²) in [6.07, 6.45) is 1.75. The van der Waals surface area contributed by atoms with Crippen LogP contribution >= 0.6 is 0 Å². The molecule has 1 N–H and O–H groups in total. The van der Waals surface area contributed by atoms with Crippen LogP contribution in [0.2, 0.25) is 0 Å². The summed E-state index contributed by atoms with van der Waals surface area (Å²) in [6.45, 7) is 2.88. The first kappa shape index (κ1) is 12.7. The lowest BCUT2D eigenvalue weighted by Gasteiger charge is -2.16. The molecule has 1 aliphatic heterocycles. The lowest BCUT2D eigenvalue weighted by Crippen LogP contribution is -2.19. The van der Waals surface area contributed by atoms with Gasteiger partial charge < -0.3 is 10.2 Å². The molecule has 1 aromatic carbocycles. The van der Waals surface area contributed by atoms with Gasteiger partial charge in [-0.15, -0.1) is 5.10 Å². The molecular formula is C14H14N8. The first-order chi connectivity index (χ1) is 10.8. The van der Waals surface area contributed by atoms with Gasteiger partial charge in [0.15, 0.2) is 5.82 Å². The number of benzene rings is 1. The highest BCUT2D eigenvalue weighted by Gasteiger charge is 2.23. The maximum Gasteiger partial charge on any atom is 0.227 e. The van der Waals surface area contributed by atoms with E-state index in [1.165, 1.54) is 0 Å². The third-order valence-electron chi connectivity index (χ3n) is 3.69. The summed E-state index contributed by atoms with van der Waals surface area (Å²) in [5.74, 6) is 1.98. The van der Waals surface area contributed by atoms with Crippen molar-refractivity contribution in [3.05, 3.63) is 30.5 Å². The molecule has 8 heteroatoms. The zero-order valence-electron chi connectivity index (χ0n) is 12.2. The number of nitrogens with zero attached hydrogens (tertiary/aromatic N) is 7. The molecule has 0 amide bonds. The number of anilines is 3. The van der Waals surface area contributed by atoms with Gasteiger partial charge in [-0.2, -0.15) is 9.67 Å². The Labute approximate surface area is 126 Å². The topological polar surface area (TPSA) is 84.7 Å². The van der Waals surface area contributed by atoms with Crippen LogP contribution in [-0.2, 0) is 0 Å². The maximum atomic E-state index is 4.62. The normalized spacial score (nSPS) is 11.7. The van der Waals surface area contributed by atoms with Crippen LogP contribution in [-0.4, -0.2) is 43.8 Å². The Morgan fingerprint density at radius 3 is 3.00 bits per heavy atom. The summed E-state index contributed by atoms with van der Waals surface area (Å²) in [5.41, 5.74) is 2.55. The maximum absolute atomic E-state index is 4.62. The molecule has 22 heavy (non-hydrogen) atoms. The molecule has 3 heterocycles. The van der Waals surface area contributed by atoms with Crippen molar-refractivity contribution < 1.29 is 0 Å². The second-order valence-electron chi connectivity index (χ2n) is 5.00. The molecule has 0 unspecified atom stereocenters. The Hall–Kier alpha value is -3.03. The van der Waals surface area contributed by atoms with E-state index in [1.54, 1.807) is 10.9 Å². The molecule has 0 bridgehead atoms. The summed E-state index contributed by atoms with van der Waals surface area (Å²) in [7, 11) is 1.95. The van der Waals surface area contributed by atoms with Gasteiger partial charge >= 0.3 is 0 Å². The van der Waals surface area contributed by atoms with E-state index in [-0.39, 0.29) is 0 Å². The van der Waals surface area contributed by atoms with Gasteiger partial charge in [-0.25, -0.2) is 4.98 Å². The quantitative estimate of drug-likeness (QED) is 0.601. The molecule has 0 aliphatic carbocycles. The van der Waals surface area contributed by atoms with Crippen molar-refractivity contribution in [2.75, 3.05) is 23.8 Å².